The van der Waals surface area contributed by atoms with Gasteiger partial charge in [0.15, 0.2) is 0 Å². The molecule has 0 aromatic carbocycles. The summed E-state index contributed by atoms with van der Waals surface area (Å²) in [6.07, 6.45) is 2.63. The van der Waals surface area contributed by atoms with Crippen LogP contribution in [0.25, 0.3) is 0 Å². The maximum atomic E-state index is 13.6. The third-order valence-corrected chi connectivity index (χ3v) is 11.4. The Labute approximate surface area is 240 Å². The highest BCUT2D eigenvalue weighted by Crippen LogP contribution is 2.39. The van der Waals surface area contributed by atoms with Gasteiger partial charge >= 0.3 is 0 Å². The quantitative estimate of drug-likeness (QED) is 0.220. The van der Waals surface area contributed by atoms with Gasteiger partial charge in [-0.05, 0) is 38.0 Å². The van der Waals surface area contributed by atoms with Crippen LogP contribution in [0.5, 0.6) is 0 Å². The van der Waals surface area contributed by atoms with Crippen molar-refractivity contribution in [1.82, 2.24) is 36.6 Å². The molecule has 12 atom stereocenters. The second-order valence-corrected chi connectivity index (χ2v) is 14.0. The van der Waals surface area contributed by atoms with Gasteiger partial charge < -0.3 is 20.3 Å². The average Bonchev–Trinajstić information content (AvgIpc) is 3.54. The molecule has 2 amide bonds. The van der Waals surface area contributed by atoms with E-state index in [4.69, 9.17) is 27.9 Å². The highest BCUT2D eigenvalue weighted by atomic mass is 35.5. The Morgan fingerprint density at radius 1 is 1.13 bits per heavy atom. The molecule has 5 fully saturated rings. The van der Waals surface area contributed by atoms with Gasteiger partial charge in [0.25, 0.3) is 0 Å². The van der Waals surface area contributed by atoms with E-state index in [1.54, 1.807) is 18.9 Å². The minimum atomic E-state index is -0.363. The van der Waals surface area contributed by atoms with Crippen molar-refractivity contribution in [2.45, 2.75) is 85.0 Å². The van der Waals surface area contributed by atoms with Crippen LogP contribution in [0.2, 0.25) is 0 Å². The number of thioether (sulfide) groups is 1. The summed E-state index contributed by atoms with van der Waals surface area (Å²) in [5.74, 6) is 0.431. The van der Waals surface area contributed by atoms with E-state index in [1.807, 2.05) is 17.0 Å². The number of hydrazine groups is 1. The van der Waals surface area contributed by atoms with Gasteiger partial charge in [0, 0.05) is 63.7 Å². The number of carbonyl (C=O) groups is 2. The fourth-order valence-corrected chi connectivity index (χ4v) is 9.31. The summed E-state index contributed by atoms with van der Waals surface area (Å²) in [6, 6.07) is 0.230. The minimum absolute atomic E-state index is 0.0479. The number of carbonyl (C=O) groups excluding carboxylic acids is 2. The van der Waals surface area contributed by atoms with Gasteiger partial charge in [0.2, 0.25) is 11.8 Å². The smallest absolute Gasteiger partial charge is 0.243 e. The van der Waals surface area contributed by atoms with Crippen molar-refractivity contribution in [2.75, 3.05) is 40.3 Å². The molecule has 0 aromatic rings. The number of halogens is 2. The summed E-state index contributed by atoms with van der Waals surface area (Å²) in [4.78, 5) is 28.9. The number of piperidine rings is 2. The van der Waals surface area contributed by atoms with Gasteiger partial charge in [0.05, 0.1) is 22.9 Å². The van der Waals surface area contributed by atoms with Crippen LogP contribution in [0.3, 0.4) is 0 Å². The molecule has 0 aromatic heterocycles. The first kappa shape index (κ1) is 29.1. The van der Waals surface area contributed by atoms with E-state index in [1.165, 1.54) is 0 Å². The summed E-state index contributed by atoms with van der Waals surface area (Å²) in [5, 5.41) is 15.5. The van der Waals surface area contributed by atoms with E-state index in [0.717, 1.165) is 19.3 Å². The maximum absolute atomic E-state index is 13.6. The van der Waals surface area contributed by atoms with E-state index < -0.39 is 0 Å². The molecular weight excluding hydrogens is 549 g/mol. The molecule has 216 valence electrons. The third kappa shape index (κ3) is 5.83. The molecular formula is C25H43Cl2N7O3S. The predicted octanol–water partition coefficient (Wildman–Crippen LogP) is 0.310. The molecule has 0 bridgehead atoms. The molecule has 13 heteroatoms. The number of hydrogen-bond donors (Lipinski definition) is 5. The van der Waals surface area contributed by atoms with Gasteiger partial charge in [-0.2, -0.15) is 0 Å². The van der Waals surface area contributed by atoms with Gasteiger partial charge in [-0.1, -0.05) is 6.92 Å². The second kappa shape index (κ2) is 12.2. The lowest BCUT2D eigenvalue weighted by Gasteiger charge is -2.45. The van der Waals surface area contributed by atoms with Crippen molar-refractivity contribution in [2.24, 2.45) is 17.8 Å². The summed E-state index contributed by atoms with van der Waals surface area (Å²) < 4.78 is 5.81. The highest BCUT2D eigenvalue weighted by molar-refractivity contribution is 8.00. The lowest BCUT2D eigenvalue weighted by molar-refractivity contribution is -0.135. The fraction of sp³-hybridized carbons (Fsp3) is 0.920. The lowest BCUT2D eigenvalue weighted by Crippen LogP contribution is -2.57. The van der Waals surface area contributed by atoms with Gasteiger partial charge in [-0.15, -0.1) is 35.0 Å². The molecule has 0 spiro atoms. The number of nitrogens with one attached hydrogen (secondary N) is 5. The van der Waals surface area contributed by atoms with E-state index in [-0.39, 0.29) is 75.4 Å². The standard InChI is InChI=1S/C25H43Cl2N7O3S/c1-5-16-21(27)22(33(3)32-16)24(36)34-10-17-19(11-34)38-25(30-17)31-23(35)15-8-28-12(2)6-13(15)14-7-20(26)29-9-18(14)37-4/h12-22,25,28-30,32H,5-11H2,1-4H3,(H,31,35). The molecule has 10 nitrogen and oxygen atoms in total. The Bertz CT molecular complexity index is 863. The van der Waals surface area contributed by atoms with Gasteiger partial charge in [-0.25, -0.2) is 5.01 Å². The van der Waals surface area contributed by atoms with Crippen molar-refractivity contribution in [3.63, 3.8) is 0 Å². The monoisotopic (exact) mass is 591 g/mol. The van der Waals surface area contributed by atoms with Crippen LogP contribution >= 0.6 is 35.0 Å². The average molecular weight is 593 g/mol. The molecule has 5 aliphatic rings. The van der Waals surface area contributed by atoms with Crippen molar-refractivity contribution in [1.29, 1.82) is 0 Å². The van der Waals surface area contributed by atoms with E-state index in [2.05, 4.69) is 40.5 Å². The first-order valence-electron chi connectivity index (χ1n) is 14.0. The van der Waals surface area contributed by atoms with E-state index in [9.17, 15) is 9.59 Å². The molecule has 5 saturated heterocycles. The Balaban J connectivity index is 1.17. The Hall–Kier alpha value is -0.370. The Morgan fingerprint density at radius 2 is 1.92 bits per heavy atom. The SMILES string of the molecule is CCC1NN(C)C(C(=O)N2CC3NC(NC(=O)C4CNC(C)CC4C4CC(Cl)NCC4OC)SC3C2)C1Cl. The molecule has 0 saturated carbocycles. The number of alkyl halides is 2. The molecule has 38 heavy (non-hydrogen) atoms. The number of hydrogen-bond acceptors (Lipinski definition) is 9. The first-order valence-corrected chi connectivity index (χ1v) is 15.8. The summed E-state index contributed by atoms with van der Waals surface area (Å²) in [5.41, 5.74) is 3.06. The van der Waals surface area contributed by atoms with Crippen molar-refractivity contribution in [3.8, 4) is 0 Å². The molecule has 5 aliphatic heterocycles. The summed E-state index contributed by atoms with van der Waals surface area (Å²) >= 11 is 14.8. The maximum Gasteiger partial charge on any atom is 0.243 e. The fourth-order valence-electron chi connectivity index (χ4n) is 7.10. The van der Waals surface area contributed by atoms with Crippen LogP contribution in [-0.2, 0) is 14.3 Å². The third-order valence-electron chi connectivity index (χ3n) is 9.21. The van der Waals surface area contributed by atoms with Crippen LogP contribution in [0.4, 0.5) is 0 Å². The topological polar surface area (TPSA) is 110 Å². The van der Waals surface area contributed by atoms with Crippen molar-refractivity contribution < 1.29 is 14.3 Å². The van der Waals surface area contributed by atoms with Crippen LogP contribution in [0, 0.1) is 17.8 Å². The number of rotatable bonds is 6. The molecule has 5 rings (SSSR count). The predicted molar refractivity (Wildman–Crippen MR) is 151 cm³/mol. The van der Waals surface area contributed by atoms with Crippen LogP contribution < -0.4 is 26.7 Å². The van der Waals surface area contributed by atoms with Gasteiger partial charge in [-0.3, -0.25) is 25.6 Å². The molecule has 5 heterocycles. The zero-order valence-electron chi connectivity index (χ0n) is 22.7. The molecule has 0 radical (unpaired) electrons. The van der Waals surface area contributed by atoms with Gasteiger partial charge in [0.1, 0.15) is 11.5 Å². The van der Waals surface area contributed by atoms with Crippen molar-refractivity contribution >= 4 is 46.8 Å². The lowest BCUT2D eigenvalue weighted by atomic mass is 9.70. The Kier molecular flexibility index (Phi) is 9.39. The number of likely N-dealkylation sites (tertiary alicyclic amines) is 1. The number of amides is 2. The number of nitrogens with zero attached hydrogens (tertiary/aromatic N) is 2. The van der Waals surface area contributed by atoms with E-state index >= 15 is 0 Å². The zero-order chi connectivity index (χ0) is 27.1. The minimum Gasteiger partial charge on any atom is -0.380 e. The normalized spacial score (nSPS) is 45.8. The summed E-state index contributed by atoms with van der Waals surface area (Å²) in [6.45, 7) is 6.90. The summed E-state index contributed by atoms with van der Waals surface area (Å²) in [7, 11) is 3.64. The Morgan fingerprint density at radius 3 is 2.61 bits per heavy atom. The first-order chi connectivity index (χ1) is 18.2. The zero-order valence-corrected chi connectivity index (χ0v) is 25.0. The molecule has 0 aliphatic carbocycles. The number of fused-ring (bicyclic) bond motifs is 1. The highest BCUT2D eigenvalue weighted by Gasteiger charge is 2.50. The number of likely N-dealkylation sites (N-methyl/N-ethyl adjacent to an activating group) is 1. The number of methoxy groups -OCH3 is 1. The largest absolute Gasteiger partial charge is 0.380 e. The van der Waals surface area contributed by atoms with Crippen LogP contribution in [0.1, 0.15) is 33.1 Å². The second-order valence-electron chi connectivity index (χ2n) is 11.6. The van der Waals surface area contributed by atoms with Crippen LogP contribution in [-0.4, -0.2) is 114 Å². The number of ether oxygens (including phenoxy) is 1. The van der Waals surface area contributed by atoms with E-state index in [0.29, 0.717) is 32.2 Å². The van der Waals surface area contributed by atoms with Crippen molar-refractivity contribution in [3.05, 3.63) is 0 Å². The molecule has 5 N–H and O–H groups in total. The van der Waals surface area contributed by atoms with Crippen LogP contribution in [0.15, 0.2) is 0 Å². The molecule has 12 unspecified atom stereocenters.